The highest BCUT2D eigenvalue weighted by Gasteiger charge is 2.31. The fourth-order valence-electron chi connectivity index (χ4n) is 3.00. The first kappa shape index (κ1) is 17.4. The number of nitrogens with zero attached hydrogens (tertiary/aromatic N) is 5. The Bertz CT molecular complexity index is 892. The van der Waals surface area contributed by atoms with E-state index < -0.39 is 11.7 Å². The van der Waals surface area contributed by atoms with E-state index in [4.69, 9.17) is 0 Å². The van der Waals surface area contributed by atoms with Gasteiger partial charge in [-0.25, -0.2) is 9.67 Å². The van der Waals surface area contributed by atoms with Gasteiger partial charge in [0.1, 0.15) is 16.9 Å². The SMILES string of the molecule is CC.Cc1c(-n2cc3ncc(C(F)(F)F)cc3n2)nc2n1CCCC2. The molecule has 5 nitrogen and oxygen atoms in total. The molecule has 0 atom stereocenters. The molecule has 0 saturated carbocycles. The van der Waals surface area contributed by atoms with Crippen LogP contribution in [-0.2, 0) is 19.1 Å². The summed E-state index contributed by atoms with van der Waals surface area (Å²) in [7, 11) is 0. The van der Waals surface area contributed by atoms with Crippen molar-refractivity contribution in [3.8, 4) is 5.82 Å². The minimum absolute atomic E-state index is 0.213. The van der Waals surface area contributed by atoms with Gasteiger partial charge in [0.25, 0.3) is 0 Å². The van der Waals surface area contributed by atoms with Crippen molar-refractivity contribution in [2.24, 2.45) is 0 Å². The molecule has 25 heavy (non-hydrogen) atoms. The maximum absolute atomic E-state index is 12.8. The number of hydrogen-bond donors (Lipinski definition) is 0. The molecular weight excluding hydrogens is 331 g/mol. The van der Waals surface area contributed by atoms with Gasteiger partial charge in [-0.1, -0.05) is 13.8 Å². The van der Waals surface area contributed by atoms with Crippen LogP contribution in [0.25, 0.3) is 16.9 Å². The summed E-state index contributed by atoms with van der Waals surface area (Å²) >= 11 is 0. The van der Waals surface area contributed by atoms with Gasteiger partial charge < -0.3 is 4.57 Å². The summed E-state index contributed by atoms with van der Waals surface area (Å²) in [5.41, 5.74) is 0.813. The van der Waals surface area contributed by atoms with Crippen molar-refractivity contribution < 1.29 is 13.2 Å². The van der Waals surface area contributed by atoms with Crippen molar-refractivity contribution in [3.63, 3.8) is 0 Å². The van der Waals surface area contributed by atoms with Crippen LogP contribution in [0.15, 0.2) is 18.5 Å². The van der Waals surface area contributed by atoms with E-state index in [0.717, 1.165) is 49.6 Å². The van der Waals surface area contributed by atoms with Crippen LogP contribution in [0.1, 0.15) is 43.8 Å². The van der Waals surface area contributed by atoms with E-state index in [9.17, 15) is 13.2 Å². The zero-order valence-electron chi connectivity index (χ0n) is 14.4. The average molecular weight is 351 g/mol. The first-order valence-electron chi connectivity index (χ1n) is 8.42. The molecule has 3 aromatic rings. The largest absolute Gasteiger partial charge is 0.417 e. The number of fused-ring (bicyclic) bond motifs is 2. The highest BCUT2D eigenvalue weighted by atomic mass is 19.4. The lowest BCUT2D eigenvalue weighted by molar-refractivity contribution is -0.137. The Morgan fingerprint density at radius 3 is 2.56 bits per heavy atom. The Kier molecular flexibility index (Phi) is 4.53. The van der Waals surface area contributed by atoms with Crippen LogP contribution in [0.3, 0.4) is 0 Å². The smallest absolute Gasteiger partial charge is 0.330 e. The van der Waals surface area contributed by atoms with Crippen molar-refractivity contribution in [2.75, 3.05) is 0 Å². The number of rotatable bonds is 1. The third kappa shape index (κ3) is 3.12. The summed E-state index contributed by atoms with van der Waals surface area (Å²) in [4.78, 5) is 8.47. The van der Waals surface area contributed by atoms with Gasteiger partial charge in [-0.2, -0.15) is 18.3 Å². The molecule has 8 heteroatoms. The summed E-state index contributed by atoms with van der Waals surface area (Å²) in [5.74, 6) is 1.67. The maximum atomic E-state index is 12.8. The molecule has 1 aliphatic rings. The molecule has 0 unspecified atom stereocenters. The van der Waals surface area contributed by atoms with Crippen LogP contribution in [0.2, 0.25) is 0 Å². The first-order chi connectivity index (χ1) is 11.9. The Balaban J connectivity index is 0.000000880. The van der Waals surface area contributed by atoms with E-state index in [2.05, 4.69) is 19.6 Å². The van der Waals surface area contributed by atoms with Gasteiger partial charge in [0, 0.05) is 19.2 Å². The predicted octanol–water partition coefficient (Wildman–Crippen LogP) is 4.31. The third-order valence-corrected chi connectivity index (χ3v) is 4.21. The van der Waals surface area contributed by atoms with Gasteiger partial charge in [-0.05, 0) is 25.8 Å². The van der Waals surface area contributed by atoms with Crippen molar-refractivity contribution in [2.45, 2.75) is 52.8 Å². The number of hydrogen-bond acceptors (Lipinski definition) is 3. The summed E-state index contributed by atoms with van der Waals surface area (Å²) in [6.45, 7) is 6.88. The van der Waals surface area contributed by atoms with Crippen LogP contribution >= 0.6 is 0 Å². The Labute approximate surface area is 143 Å². The van der Waals surface area contributed by atoms with Gasteiger partial charge in [-0.3, -0.25) is 4.98 Å². The van der Waals surface area contributed by atoms with Gasteiger partial charge in [0.15, 0.2) is 5.82 Å². The second kappa shape index (κ2) is 6.50. The number of halogens is 3. The van der Waals surface area contributed by atoms with E-state index >= 15 is 0 Å². The number of alkyl halides is 3. The lowest BCUT2D eigenvalue weighted by atomic mass is 10.2. The van der Waals surface area contributed by atoms with Gasteiger partial charge in [0.2, 0.25) is 0 Å². The summed E-state index contributed by atoms with van der Waals surface area (Å²) in [6.07, 6.45) is 1.16. The Hall–Kier alpha value is -2.38. The van der Waals surface area contributed by atoms with Gasteiger partial charge in [0.05, 0.1) is 17.5 Å². The van der Waals surface area contributed by atoms with Crippen molar-refractivity contribution >= 4 is 11.0 Å². The topological polar surface area (TPSA) is 48.5 Å². The van der Waals surface area contributed by atoms with Crippen molar-refractivity contribution in [1.82, 2.24) is 24.3 Å². The molecule has 0 aliphatic carbocycles. The molecule has 0 fully saturated rings. The number of aryl methyl sites for hydroxylation is 1. The van der Waals surface area contributed by atoms with E-state index in [1.54, 1.807) is 6.20 Å². The molecule has 4 rings (SSSR count). The maximum Gasteiger partial charge on any atom is 0.417 e. The first-order valence-corrected chi connectivity index (χ1v) is 8.42. The van der Waals surface area contributed by atoms with E-state index in [0.29, 0.717) is 11.3 Å². The Morgan fingerprint density at radius 1 is 1.12 bits per heavy atom. The molecule has 0 amide bonds. The molecule has 0 radical (unpaired) electrons. The normalized spacial score (nSPS) is 14.2. The third-order valence-electron chi connectivity index (χ3n) is 4.21. The number of pyridine rings is 1. The Morgan fingerprint density at radius 2 is 1.88 bits per heavy atom. The number of aromatic nitrogens is 5. The van der Waals surface area contributed by atoms with Crippen LogP contribution in [-0.4, -0.2) is 24.3 Å². The molecule has 0 N–H and O–H groups in total. The van der Waals surface area contributed by atoms with E-state index in [1.165, 1.54) is 4.68 Å². The summed E-state index contributed by atoms with van der Waals surface area (Å²) < 4.78 is 42.0. The standard InChI is InChI=1S/C15H14F3N5.C2H6/c1-9-14(20-13-4-2-3-5-22(9)13)23-8-12-11(21-23)6-10(7-19-12)15(16,17)18;1-2/h6-8H,2-5H2,1H3;1-2H3. The molecule has 4 heterocycles. The van der Waals surface area contributed by atoms with E-state index in [1.807, 2.05) is 20.8 Å². The molecular formula is C17H20F3N5. The minimum Gasteiger partial charge on any atom is -0.330 e. The fourth-order valence-corrected chi connectivity index (χ4v) is 3.00. The number of imidazole rings is 1. The van der Waals surface area contributed by atoms with Crippen molar-refractivity contribution in [3.05, 3.63) is 35.5 Å². The second-order valence-electron chi connectivity index (χ2n) is 5.75. The quantitative estimate of drug-likeness (QED) is 0.656. The van der Waals surface area contributed by atoms with E-state index in [-0.39, 0.29) is 5.52 Å². The lowest BCUT2D eigenvalue weighted by Gasteiger charge is -2.14. The van der Waals surface area contributed by atoms with Gasteiger partial charge >= 0.3 is 6.18 Å². The van der Waals surface area contributed by atoms with Crippen LogP contribution < -0.4 is 0 Å². The highest BCUT2D eigenvalue weighted by Crippen LogP contribution is 2.30. The molecule has 0 bridgehead atoms. The van der Waals surface area contributed by atoms with Crippen LogP contribution in [0.5, 0.6) is 0 Å². The molecule has 1 aliphatic heterocycles. The van der Waals surface area contributed by atoms with Crippen LogP contribution in [0, 0.1) is 6.92 Å². The molecule has 0 saturated heterocycles. The fraction of sp³-hybridized carbons (Fsp3) is 0.471. The van der Waals surface area contributed by atoms with Gasteiger partial charge in [-0.15, -0.1) is 0 Å². The monoisotopic (exact) mass is 351 g/mol. The van der Waals surface area contributed by atoms with Crippen LogP contribution in [0.4, 0.5) is 13.2 Å². The molecule has 3 aromatic heterocycles. The second-order valence-corrected chi connectivity index (χ2v) is 5.75. The molecule has 134 valence electrons. The van der Waals surface area contributed by atoms with Crippen molar-refractivity contribution in [1.29, 1.82) is 0 Å². The zero-order chi connectivity index (χ0) is 18.2. The predicted molar refractivity (Wildman–Crippen MR) is 88.7 cm³/mol. The molecule has 0 aromatic carbocycles. The summed E-state index contributed by atoms with van der Waals surface area (Å²) in [5, 5.41) is 4.24. The summed E-state index contributed by atoms with van der Waals surface area (Å²) in [6, 6.07) is 1.02. The zero-order valence-corrected chi connectivity index (χ0v) is 14.4. The lowest BCUT2D eigenvalue weighted by Crippen LogP contribution is -2.11. The minimum atomic E-state index is -4.42. The highest BCUT2D eigenvalue weighted by molar-refractivity contribution is 5.74. The average Bonchev–Trinajstić information content (AvgIpc) is 3.16. The molecule has 0 spiro atoms.